The van der Waals surface area contributed by atoms with Crippen molar-refractivity contribution in [2.75, 3.05) is 0 Å². The van der Waals surface area contributed by atoms with Crippen LogP contribution in [-0.2, 0) is 12.8 Å². The third-order valence-corrected chi connectivity index (χ3v) is 5.48. The third kappa shape index (κ3) is 2.65. The van der Waals surface area contributed by atoms with Crippen molar-refractivity contribution in [3.63, 3.8) is 0 Å². The minimum atomic E-state index is 0.181. The monoisotopic (exact) mass is 318 g/mol. The Morgan fingerprint density at radius 2 is 1.83 bits per heavy atom. The van der Waals surface area contributed by atoms with Crippen LogP contribution < -0.4 is 5.73 Å². The lowest BCUT2D eigenvalue weighted by atomic mass is 9.92. The predicted octanol–water partition coefficient (Wildman–Crippen LogP) is 5.17. The molecule has 1 heterocycles. The molecule has 3 aromatic rings. The summed E-state index contributed by atoms with van der Waals surface area (Å²) in [6.45, 7) is 2.34. The number of nitrogens with zero attached hydrogens (tertiary/aromatic N) is 1. The van der Waals surface area contributed by atoms with Crippen LogP contribution in [-0.4, -0.2) is 4.57 Å². The first-order valence-corrected chi connectivity index (χ1v) is 9.17. The molecule has 1 aromatic heterocycles. The van der Waals surface area contributed by atoms with Crippen molar-refractivity contribution in [1.82, 2.24) is 4.57 Å². The van der Waals surface area contributed by atoms with Gasteiger partial charge in [-0.3, -0.25) is 0 Å². The number of aromatic nitrogens is 1. The Balaban J connectivity index is 1.71. The minimum Gasteiger partial charge on any atom is -0.340 e. The fourth-order valence-corrected chi connectivity index (χ4v) is 4.28. The van der Waals surface area contributed by atoms with E-state index in [0.717, 1.165) is 19.3 Å². The smallest absolute Gasteiger partial charge is 0.0488 e. The number of hydrogen-bond acceptors (Lipinski definition) is 1. The van der Waals surface area contributed by atoms with Crippen LogP contribution in [0.2, 0.25) is 0 Å². The highest BCUT2D eigenvalue weighted by Crippen LogP contribution is 2.38. The molecule has 2 aromatic carbocycles. The van der Waals surface area contributed by atoms with E-state index >= 15 is 0 Å². The van der Waals surface area contributed by atoms with Crippen LogP contribution in [0.25, 0.3) is 10.9 Å². The molecule has 0 aliphatic heterocycles. The van der Waals surface area contributed by atoms with Gasteiger partial charge < -0.3 is 10.3 Å². The molecule has 0 radical (unpaired) electrons. The summed E-state index contributed by atoms with van der Waals surface area (Å²) in [7, 11) is 0. The van der Waals surface area contributed by atoms with E-state index in [9.17, 15) is 0 Å². The van der Waals surface area contributed by atoms with Crippen LogP contribution >= 0.6 is 0 Å². The van der Waals surface area contributed by atoms with Gasteiger partial charge in [-0.15, -0.1) is 0 Å². The van der Waals surface area contributed by atoms with E-state index in [4.69, 9.17) is 5.73 Å². The summed E-state index contributed by atoms with van der Waals surface area (Å²) < 4.78 is 2.54. The Morgan fingerprint density at radius 3 is 2.67 bits per heavy atom. The fourth-order valence-electron chi connectivity index (χ4n) is 4.28. The molecular formula is C22H26N2. The number of rotatable bonds is 4. The lowest BCUT2D eigenvalue weighted by molar-refractivity contribution is 0.460. The van der Waals surface area contributed by atoms with Crippen molar-refractivity contribution >= 4 is 10.9 Å². The highest BCUT2D eigenvalue weighted by molar-refractivity contribution is 5.86. The first-order valence-electron chi connectivity index (χ1n) is 9.17. The van der Waals surface area contributed by atoms with Gasteiger partial charge in [0.1, 0.15) is 0 Å². The van der Waals surface area contributed by atoms with Gasteiger partial charge >= 0.3 is 0 Å². The lowest BCUT2D eigenvalue weighted by Gasteiger charge is -2.26. The second-order valence-electron chi connectivity index (χ2n) is 7.12. The van der Waals surface area contributed by atoms with Gasteiger partial charge in [0.25, 0.3) is 0 Å². The van der Waals surface area contributed by atoms with Crippen LogP contribution in [0, 0.1) is 0 Å². The fraction of sp³-hybridized carbons (Fsp3) is 0.364. The second kappa shape index (κ2) is 6.45. The highest BCUT2D eigenvalue weighted by atomic mass is 15.0. The molecule has 24 heavy (non-hydrogen) atoms. The molecule has 2 atom stereocenters. The summed E-state index contributed by atoms with van der Waals surface area (Å²) >= 11 is 0. The van der Waals surface area contributed by atoms with E-state index < -0.39 is 0 Å². The number of nitrogens with two attached hydrogens (primary N) is 1. The topological polar surface area (TPSA) is 30.9 Å². The normalized spacial score (nSPS) is 18.5. The molecule has 0 fully saturated rings. The number of para-hydroxylation sites is 1. The van der Waals surface area contributed by atoms with Crippen LogP contribution in [0.15, 0.2) is 54.6 Å². The van der Waals surface area contributed by atoms with E-state index in [1.807, 2.05) is 0 Å². The first kappa shape index (κ1) is 15.5. The molecule has 124 valence electrons. The zero-order chi connectivity index (χ0) is 16.5. The Morgan fingerprint density at radius 1 is 1.08 bits per heavy atom. The van der Waals surface area contributed by atoms with Crippen LogP contribution in [0.5, 0.6) is 0 Å². The Bertz CT molecular complexity index is 832. The number of fused-ring (bicyclic) bond motifs is 3. The Kier molecular flexibility index (Phi) is 4.15. The largest absolute Gasteiger partial charge is 0.340 e. The summed E-state index contributed by atoms with van der Waals surface area (Å²) in [5, 5.41) is 1.41. The zero-order valence-corrected chi connectivity index (χ0v) is 14.4. The van der Waals surface area contributed by atoms with Gasteiger partial charge in [-0.2, -0.15) is 0 Å². The first-order chi connectivity index (χ1) is 11.8. The van der Waals surface area contributed by atoms with Crippen molar-refractivity contribution in [3.05, 3.63) is 71.4 Å². The van der Waals surface area contributed by atoms with Gasteiger partial charge in [0.05, 0.1) is 0 Å². The van der Waals surface area contributed by atoms with Crippen molar-refractivity contribution in [2.24, 2.45) is 5.73 Å². The molecular weight excluding hydrogens is 292 g/mol. The molecule has 0 amide bonds. The van der Waals surface area contributed by atoms with E-state index in [0.29, 0.717) is 6.04 Å². The van der Waals surface area contributed by atoms with E-state index in [-0.39, 0.29) is 6.04 Å². The summed E-state index contributed by atoms with van der Waals surface area (Å²) in [6, 6.07) is 20.3. The van der Waals surface area contributed by atoms with Gasteiger partial charge in [0.2, 0.25) is 0 Å². The van der Waals surface area contributed by atoms with Gasteiger partial charge in [-0.05, 0) is 56.2 Å². The highest BCUT2D eigenvalue weighted by Gasteiger charge is 2.26. The molecule has 0 bridgehead atoms. The lowest BCUT2D eigenvalue weighted by Crippen LogP contribution is -2.22. The molecule has 2 heteroatoms. The average Bonchev–Trinajstić information content (AvgIpc) is 2.97. The summed E-state index contributed by atoms with van der Waals surface area (Å²) in [5.74, 6) is 0. The third-order valence-electron chi connectivity index (χ3n) is 5.48. The summed E-state index contributed by atoms with van der Waals surface area (Å²) in [6.07, 6.45) is 5.73. The summed E-state index contributed by atoms with van der Waals surface area (Å²) in [4.78, 5) is 0. The molecule has 1 aliphatic carbocycles. The zero-order valence-electron chi connectivity index (χ0n) is 14.4. The molecule has 1 aliphatic rings. The molecule has 0 saturated carbocycles. The van der Waals surface area contributed by atoms with Crippen molar-refractivity contribution in [3.8, 4) is 0 Å². The quantitative estimate of drug-likeness (QED) is 0.706. The Labute approximate surface area is 144 Å². The molecule has 4 rings (SSSR count). The van der Waals surface area contributed by atoms with Crippen molar-refractivity contribution in [1.29, 1.82) is 0 Å². The van der Waals surface area contributed by atoms with Gasteiger partial charge in [-0.25, -0.2) is 0 Å². The minimum absolute atomic E-state index is 0.181. The van der Waals surface area contributed by atoms with Crippen molar-refractivity contribution < 1.29 is 0 Å². The molecule has 0 spiro atoms. The van der Waals surface area contributed by atoms with Crippen LogP contribution in [0.3, 0.4) is 0 Å². The number of benzene rings is 2. The van der Waals surface area contributed by atoms with Gasteiger partial charge in [0.15, 0.2) is 0 Å². The maximum absolute atomic E-state index is 6.54. The van der Waals surface area contributed by atoms with Crippen molar-refractivity contribution in [2.45, 2.75) is 51.1 Å². The van der Waals surface area contributed by atoms with Gasteiger partial charge in [0, 0.05) is 28.7 Å². The maximum atomic E-state index is 6.54. The number of hydrogen-bond donors (Lipinski definition) is 1. The standard InChI is InChI=1S/C22H26N2/c1-16(14-15-17-8-3-2-4-9-17)24-21-13-6-5-10-18(21)19-11-7-12-20(23)22(19)24/h2-6,8-10,13,16,20H,7,11-12,14-15,23H2,1H3/t16-,20?/m0/s1. The van der Waals surface area contributed by atoms with Crippen LogP contribution in [0.4, 0.5) is 0 Å². The van der Waals surface area contributed by atoms with E-state index in [1.165, 1.54) is 40.6 Å². The average molecular weight is 318 g/mol. The van der Waals surface area contributed by atoms with Crippen LogP contribution in [0.1, 0.15) is 55.1 Å². The van der Waals surface area contributed by atoms with Gasteiger partial charge in [-0.1, -0.05) is 48.5 Å². The molecule has 1 unspecified atom stereocenters. The number of aryl methyl sites for hydroxylation is 2. The molecule has 2 N–H and O–H groups in total. The van der Waals surface area contributed by atoms with E-state index in [1.54, 1.807) is 0 Å². The molecule has 2 nitrogen and oxygen atoms in total. The molecule has 0 saturated heterocycles. The van der Waals surface area contributed by atoms with E-state index in [2.05, 4.69) is 66.1 Å². The Hall–Kier alpha value is -2.06. The second-order valence-corrected chi connectivity index (χ2v) is 7.12. The SMILES string of the molecule is C[C@@H](CCc1ccccc1)n1c2c(c3ccccc31)CCCC2N. The maximum Gasteiger partial charge on any atom is 0.0488 e. The predicted molar refractivity (Wildman–Crippen MR) is 101 cm³/mol. The summed E-state index contributed by atoms with van der Waals surface area (Å²) in [5.41, 5.74) is 12.2.